The zero-order valence-corrected chi connectivity index (χ0v) is 9.36. The summed E-state index contributed by atoms with van der Waals surface area (Å²) >= 11 is 0. The molecule has 0 fully saturated rings. The van der Waals surface area contributed by atoms with E-state index >= 15 is 0 Å². The van der Waals surface area contributed by atoms with E-state index in [1.165, 1.54) is 0 Å². The van der Waals surface area contributed by atoms with Gasteiger partial charge in [0.05, 0.1) is 12.8 Å². The van der Waals surface area contributed by atoms with Gasteiger partial charge in [-0.3, -0.25) is 4.98 Å². The van der Waals surface area contributed by atoms with Gasteiger partial charge in [0.15, 0.2) is 0 Å². The summed E-state index contributed by atoms with van der Waals surface area (Å²) < 4.78 is 5.37. The third-order valence-electron chi connectivity index (χ3n) is 1.92. The molecule has 3 heteroatoms. The Hall–Kier alpha value is -1.35. The van der Waals surface area contributed by atoms with Gasteiger partial charge in [0.2, 0.25) is 0 Å². The fraction of sp³-hybridized carbons (Fsp3) is 0.417. The maximum Gasteiger partial charge on any atom is 0.138 e. The van der Waals surface area contributed by atoms with Crippen LogP contribution in [0.1, 0.15) is 18.9 Å². The molecule has 0 aliphatic carbocycles. The van der Waals surface area contributed by atoms with Gasteiger partial charge in [-0.2, -0.15) is 0 Å². The first-order chi connectivity index (χ1) is 7.36. The Morgan fingerprint density at radius 2 is 2.33 bits per heavy atom. The summed E-state index contributed by atoms with van der Waals surface area (Å²) in [4.78, 5) is 4.11. The highest BCUT2D eigenvalue weighted by atomic mass is 16.5. The monoisotopic (exact) mass is 206 g/mol. The zero-order chi connectivity index (χ0) is 10.9. The number of hydrogen-bond acceptors (Lipinski definition) is 3. The quantitative estimate of drug-likeness (QED) is 0.724. The maximum absolute atomic E-state index is 5.37. The molecule has 0 aromatic carbocycles. The van der Waals surface area contributed by atoms with Crippen LogP contribution in [0.25, 0.3) is 6.08 Å². The van der Waals surface area contributed by atoms with Crippen molar-refractivity contribution in [1.29, 1.82) is 0 Å². The van der Waals surface area contributed by atoms with Crippen LogP contribution < -0.4 is 10.1 Å². The first kappa shape index (κ1) is 11.7. The molecule has 0 bridgehead atoms. The molecule has 1 N–H and O–H groups in total. The SMILES string of the molecule is CCOc1cncc(/C=C/CCNC)c1. The highest BCUT2D eigenvalue weighted by molar-refractivity contribution is 5.49. The van der Waals surface area contributed by atoms with Gasteiger partial charge in [-0.25, -0.2) is 0 Å². The average molecular weight is 206 g/mol. The summed E-state index contributed by atoms with van der Waals surface area (Å²) in [6, 6.07) is 1.99. The molecular formula is C12H18N2O. The number of ether oxygens (including phenoxy) is 1. The maximum atomic E-state index is 5.37. The first-order valence-electron chi connectivity index (χ1n) is 5.25. The third-order valence-corrected chi connectivity index (χ3v) is 1.92. The van der Waals surface area contributed by atoms with Crippen LogP contribution in [0.2, 0.25) is 0 Å². The van der Waals surface area contributed by atoms with E-state index in [4.69, 9.17) is 4.74 Å². The van der Waals surface area contributed by atoms with Crippen molar-refractivity contribution >= 4 is 6.08 Å². The van der Waals surface area contributed by atoms with E-state index in [9.17, 15) is 0 Å². The van der Waals surface area contributed by atoms with Gasteiger partial charge in [0, 0.05) is 6.20 Å². The molecule has 0 unspecified atom stereocenters. The Morgan fingerprint density at radius 1 is 1.47 bits per heavy atom. The minimum Gasteiger partial charge on any atom is -0.492 e. The molecule has 0 radical (unpaired) electrons. The number of rotatable bonds is 6. The third kappa shape index (κ3) is 4.61. The van der Waals surface area contributed by atoms with E-state index in [0.29, 0.717) is 6.61 Å². The standard InChI is InChI=1S/C12H18N2O/c1-3-15-12-8-11(9-14-10-12)6-4-5-7-13-2/h4,6,8-10,13H,3,5,7H2,1-2H3/b6-4+. The summed E-state index contributed by atoms with van der Waals surface area (Å²) in [6.07, 6.45) is 8.78. The fourth-order valence-electron chi connectivity index (χ4n) is 1.22. The second-order valence-electron chi connectivity index (χ2n) is 3.18. The van der Waals surface area contributed by atoms with Crippen LogP contribution in [0, 0.1) is 0 Å². The van der Waals surface area contributed by atoms with Crippen molar-refractivity contribution < 1.29 is 4.74 Å². The van der Waals surface area contributed by atoms with Gasteiger partial charge < -0.3 is 10.1 Å². The molecular weight excluding hydrogens is 188 g/mol. The summed E-state index contributed by atoms with van der Waals surface area (Å²) in [5.41, 5.74) is 1.08. The second-order valence-corrected chi connectivity index (χ2v) is 3.18. The van der Waals surface area contributed by atoms with Crippen molar-refractivity contribution in [2.45, 2.75) is 13.3 Å². The van der Waals surface area contributed by atoms with Crippen molar-refractivity contribution in [3.05, 3.63) is 30.1 Å². The van der Waals surface area contributed by atoms with Gasteiger partial charge in [-0.05, 0) is 38.6 Å². The summed E-state index contributed by atoms with van der Waals surface area (Å²) in [5, 5.41) is 3.09. The van der Waals surface area contributed by atoms with Gasteiger partial charge in [0.1, 0.15) is 5.75 Å². The average Bonchev–Trinajstić information content (AvgIpc) is 2.26. The lowest BCUT2D eigenvalue weighted by atomic mass is 10.2. The van der Waals surface area contributed by atoms with E-state index < -0.39 is 0 Å². The van der Waals surface area contributed by atoms with E-state index in [1.807, 2.05) is 26.2 Å². The van der Waals surface area contributed by atoms with Gasteiger partial charge in [-0.15, -0.1) is 0 Å². The number of aromatic nitrogens is 1. The zero-order valence-electron chi connectivity index (χ0n) is 9.36. The van der Waals surface area contributed by atoms with Gasteiger partial charge in [0.25, 0.3) is 0 Å². The summed E-state index contributed by atoms with van der Waals surface area (Å²) in [7, 11) is 1.95. The largest absolute Gasteiger partial charge is 0.492 e. The Morgan fingerprint density at radius 3 is 3.07 bits per heavy atom. The van der Waals surface area contributed by atoms with Crippen LogP contribution in [0.4, 0.5) is 0 Å². The normalized spacial score (nSPS) is 10.8. The highest BCUT2D eigenvalue weighted by Crippen LogP contribution is 2.12. The number of pyridine rings is 1. The van der Waals surface area contributed by atoms with Crippen molar-refractivity contribution in [1.82, 2.24) is 10.3 Å². The molecule has 3 nitrogen and oxygen atoms in total. The molecule has 1 heterocycles. The van der Waals surface area contributed by atoms with E-state index in [-0.39, 0.29) is 0 Å². The molecule has 0 saturated heterocycles. The lowest BCUT2D eigenvalue weighted by Gasteiger charge is -2.02. The van der Waals surface area contributed by atoms with Crippen molar-refractivity contribution in [3.63, 3.8) is 0 Å². The molecule has 82 valence electrons. The lowest BCUT2D eigenvalue weighted by molar-refractivity contribution is 0.339. The number of nitrogens with one attached hydrogen (secondary N) is 1. The molecule has 1 aromatic rings. The highest BCUT2D eigenvalue weighted by Gasteiger charge is 1.93. The van der Waals surface area contributed by atoms with Crippen LogP contribution >= 0.6 is 0 Å². The molecule has 1 aromatic heterocycles. The molecule has 0 amide bonds. The Kier molecular flexibility index (Phi) is 5.48. The van der Waals surface area contributed by atoms with E-state index in [1.54, 1.807) is 6.20 Å². The Labute approximate surface area is 91.2 Å². The Balaban J connectivity index is 2.53. The predicted molar refractivity (Wildman–Crippen MR) is 63.0 cm³/mol. The van der Waals surface area contributed by atoms with E-state index in [0.717, 1.165) is 24.3 Å². The summed E-state index contributed by atoms with van der Waals surface area (Å²) in [5.74, 6) is 0.827. The molecule has 15 heavy (non-hydrogen) atoms. The van der Waals surface area contributed by atoms with E-state index in [2.05, 4.69) is 22.5 Å². The minimum atomic E-state index is 0.675. The second kappa shape index (κ2) is 7.01. The molecule has 0 aliphatic rings. The van der Waals surface area contributed by atoms with Crippen LogP contribution in [0.3, 0.4) is 0 Å². The van der Waals surface area contributed by atoms with Crippen LogP contribution in [0.15, 0.2) is 24.5 Å². The van der Waals surface area contributed by atoms with Crippen LogP contribution in [-0.4, -0.2) is 25.2 Å². The molecule has 1 rings (SSSR count). The lowest BCUT2D eigenvalue weighted by Crippen LogP contribution is -2.05. The molecule has 0 atom stereocenters. The number of nitrogens with zero attached hydrogens (tertiary/aromatic N) is 1. The minimum absolute atomic E-state index is 0.675. The molecule has 0 spiro atoms. The molecule has 0 aliphatic heterocycles. The molecule has 0 saturated carbocycles. The summed E-state index contributed by atoms with van der Waals surface area (Å²) in [6.45, 7) is 3.64. The van der Waals surface area contributed by atoms with Crippen molar-refractivity contribution in [3.8, 4) is 5.75 Å². The van der Waals surface area contributed by atoms with Crippen LogP contribution in [0.5, 0.6) is 5.75 Å². The number of hydrogen-bond donors (Lipinski definition) is 1. The van der Waals surface area contributed by atoms with Gasteiger partial charge in [-0.1, -0.05) is 12.2 Å². The Bertz CT molecular complexity index is 310. The first-order valence-corrected chi connectivity index (χ1v) is 5.25. The smallest absolute Gasteiger partial charge is 0.138 e. The topological polar surface area (TPSA) is 34.1 Å². The van der Waals surface area contributed by atoms with Gasteiger partial charge >= 0.3 is 0 Å². The van der Waals surface area contributed by atoms with Crippen molar-refractivity contribution in [2.24, 2.45) is 0 Å². The van der Waals surface area contributed by atoms with Crippen LogP contribution in [-0.2, 0) is 0 Å². The predicted octanol–water partition coefficient (Wildman–Crippen LogP) is 2.10. The fourth-order valence-corrected chi connectivity index (χ4v) is 1.22. The van der Waals surface area contributed by atoms with Crippen molar-refractivity contribution in [2.75, 3.05) is 20.2 Å².